The highest BCUT2D eigenvalue weighted by Gasteiger charge is 2.21. The highest BCUT2D eigenvalue weighted by Crippen LogP contribution is 2.10. The molecule has 4 nitrogen and oxygen atoms in total. The molecule has 1 amide bonds. The van der Waals surface area contributed by atoms with E-state index in [0.29, 0.717) is 36.8 Å². The molecular formula is C15H19NO3S. The van der Waals surface area contributed by atoms with Gasteiger partial charge in [-0.3, -0.25) is 9.59 Å². The summed E-state index contributed by atoms with van der Waals surface area (Å²) >= 11 is 1.38. The molecule has 1 aliphatic heterocycles. The second-order valence-electron chi connectivity index (χ2n) is 4.80. The Labute approximate surface area is 123 Å². The molecule has 1 saturated heterocycles. The summed E-state index contributed by atoms with van der Waals surface area (Å²) in [4.78, 5) is 25.7. The Morgan fingerprint density at radius 1 is 1.30 bits per heavy atom. The molecule has 0 aliphatic carbocycles. The smallest absolute Gasteiger partial charge is 0.232 e. The quantitative estimate of drug-likeness (QED) is 0.777. The van der Waals surface area contributed by atoms with Gasteiger partial charge in [-0.1, -0.05) is 30.3 Å². The van der Waals surface area contributed by atoms with Crippen molar-refractivity contribution in [3.63, 3.8) is 0 Å². The molecule has 0 radical (unpaired) electrons. The number of hydrogen-bond donors (Lipinski definition) is 0. The second kappa shape index (κ2) is 7.45. The molecule has 0 spiro atoms. The molecule has 1 aliphatic rings. The summed E-state index contributed by atoms with van der Waals surface area (Å²) in [5, 5.41) is 0. The van der Waals surface area contributed by atoms with Crippen molar-refractivity contribution in [2.75, 3.05) is 31.2 Å². The minimum Gasteiger partial charge on any atom is -0.375 e. The predicted molar refractivity (Wildman–Crippen MR) is 80.1 cm³/mol. The summed E-state index contributed by atoms with van der Waals surface area (Å²) in [6.07, 6.45) is 0.101. The maximum absolute atomic E-state index is 12.0. The standard InChI is InChI=1S/C15H19NO3S/c1-12-9-16(7-8-19-12)15(18)11-20-10-14(17)13-5-3-2-4-6-13/h2-6,12H,7-11H2,1H3/t12-/m0/s1. The van der Waals surface area contributed by atoms with Gasteiger partial charge in [-0.25, -0.2) is 0 Å². The highest BCUT2D eigenvalue weighted by atomic mass is 32.2. The van der Waals surface area contributed by atoms with Gasteiger partial charge in [0.25, 0.3) is 0 Å². The summed E-state index contributed by atoms with van der Waals surface area (Å²) in [6.45, 7) is 3.86. The Morgan fingerprint density at radius 2 is 2.05 bits per heavy atom. The average molecular weight is 293 g/mol. The SMILES string of the molecule is C[C@H]1CN(C(=O)CSCC(=O)c2ccccc2)CCO1. The number of carbonyl (C=O) groups excluding carboxylic acids is 2. The molecule has 0 saturated carbocycles. The third kappa shape index (κ3) is 4.35. The molecule has 1 aromatic rings. The minimum atomic E-state index is 0.0683. The van der Waals surface area contributed by atoms with Gasteiger partial charge in [0.2, 0.25) is 5.91 Å². The van der Waals surface area contributed by atoms with Crippen LogP contribution >= 0.6 is 11.8 Å². The molecule has 108 valence electrons. The van der Waals surface area contributed by atoms with Gasteiger partial charge in [-0.2, -0.15) is 0 Å². The number of carbonyl (C=O) groups is 2. The van der Waals surface area contributed by atoms with Gasteiger partial charge in [0.15, 0.2) is 5.78 Å². The van der Waals surface area contributed by atoms with E-state index in [9.17, 15) is 9.59 Å². The van der Waals surface area contributed by atoms with E-state index in [-0.39, 0.29) is 17.8 Å². The van der Waals surface area contributed by atoms with Crippen molar-refractivity contribution in [1.82, 2.24) is 4.90 Å². The van der Waals surface area contributed by atoms with Gasteiger partial charge in [0.05, 0.1) is 24.2 Å². The first-order chi connectivity index (χ1) is 9.66. The number of thioether (sulfide) groups is 1. The van der Waals surface area contributed by atoms with Crippen LogP contribution in [0.15, 0.2) is 30.3 Å². The number of benzene rings is 1. The summed E-state index contributed by atoms with van der Waals surface area (Å²) < 4.78 is 5.40. The van der Waals surface area contributed by atoms with Crippen molar-refractivity contribution in [3.8, 4) is 0 Å². The third-order valence-corrected chi connectivity index (χ3v) is 4.07. The van der Waals surface area contributed by atoms with Crippen LogP contribution in [0.4, 0.5) is 0 Å². The Morgan fingerprint density at radius 3 is 2.75 bits per heavy atom. The average Bonchev–Trinajstić information content (AvgIpc) is 2.48. The third-order valence-electron chi connectivity index (χ3n) is 3.15. The summed E-state index contributed by atoms with van der Waals surface area (Å²) in [5.41, 5.74) is 0.701. The lowest BCUT2D eigenvalue weighted by molar-refractivity contribution is -0.135. The highest BCUT2D eigenvalue weighted by molar-refractivity contribution is 8.00. The zero-order valence-electron chi connectivity index (χ0n) is 11.6. The van der Waals surface area contributed by atoms with E-state index in [2.05, 4.69) is 0 Å². The van der Waals surface area contributed by atoms with Crippen molar-refractivity contribution < 1.29 is 14.3 Å². The van der Waals surface area contributed by atoms with Gasteiger partial charge in [-0.15, -0.1) is 11.8 Å². The van der Waals surface area contributed by atoms with E-state index in [1.165, 1.54) is 11.8 Å². The van der Waals surface area contributed by atoms with Crippen molar-refractivity contribution >= 4 is 23.5 Å². The van der Waals surface area contributed by atoms with Crippen LogP contribution in [0.25, 0.3) is 0 Å². The first-order valence-electron chi connectivity index (χ1n) is 6.72. The minimum absolute atomic E-state index is 0.0683. The van der Waals surface area contributed by atoms with Crippen molar-refractivity contribution in [3.05, 3.63) is 35.9 Å². The molecule has 5 heteroatoms. The predicted octanol–water partition coefficient (Wildman–Crippen LogP) is 1.85. The van der Waals surface area contributed by atoms with Gasteiger partial charge < -0.3 is 9.64 Å². The number of Topliss-reactive ketones (excluding diaryl/α,β-unsaturated/α-hetero) is 1. The molecule has 1 fully saturated rings. The second-order valence-corrected chi connectivity index (χ2v) is 5.79. The molecular weight excluding hydrogens is 274 g/mol. The Hall–Kier alpha value is -1.33. The van der Waals surface area contributed by atoms with Crippen molar-refractivity contribution in [2.24, 2.45) is 0 Å². The topological polar surface area (TPSA) is 46.6 Å². The van der Waals surface area contributed by atoms with Crippen LogP contribution in [0.1, 0.15) is 17.3 Å². The molecule has 0 bridgehead atoms. The number of nitrogens with zero attached hydrogens (tertiary/aromatic N) is 1. The normalized spacial score (nSPS) is 18.9. The number of rotatable bonds is 5. The van der Waals surface area contributed by atoms with Crippen molar-refractivity contribution in [1.29, 1.82) is 0 Å². The number of ether oxygens (including phenoxy) is 1. The van der Waals surface area contributed by atoms with Crippen LogP contribution in [0.2, 0.25) is 0 Å². The van der Waals surface area contributed by atoms with E-state index in [4.69, 9.17) is 4.74 Å². The van der Waals surface area contributed by atoms with Gasteiger partial charge in [-0.05, 0) is 6.92 Å². The number of amides is 1. The molecule has 1 heterocycles. The van der Waals surface area contributed by atoms with E-state index < -0.39 is 0 Å². The van der Waals surface area contributed by atoms with E-state index >= 15 is 0 Å². The number of hydrogen-bond acceptors (Lipinski definition) is 4. The fourth-order valence-corrected chi connectivity index (χ4v) is 2.89. The zero-order valence-corrected chi connectivity index (χ0v) is 12.4. The van der Waals surface area contributed by atoms with Crippen LogP contribution in [0.3, 0.4) is 0 Å². The molecule has 0 N–H and O–H groups in total. The maximum Gasteiger partial charge on any atom is 0.232 e. The molecule has 0 aromatic heterocycles. The maximum atomic E-state index is 12.0. The number of ketones is 1. The molecule has 0 unspecified atom stereocenters. The van der Waals surface area contributed by atoms with Crippen LogP contribution in [-0.4, -0.2) is 53.9 Å². The molecule has 2 rings (SSSR count). The van der Waals surface area contributed by atoms with Crippen LogP contribution in [0.5, 0.6) is 0 Å². The fraction of sp³-hybridized carbons (Fsp3) is 0.467. The Bertz CT molecular complexity index is 463. The van der Waals surface area contributed by atoms with Crippen LogP contribution < -0.4 is 0 Å². The van der Waals surface area contributed by atoms with E-state index in [1.54, 1.807) is 12.1 Å². The van der Waals surface area contributed by atoms with E-state index in [1.807, 2.05) is 30.0 Å². The summed E-state index contributed by atoms with van der Waals surface area (Å²) in [6, 6.07) is 9.17. The lowest BCUT2D eigenvalue weighted by Crippen LogP contribution is -2.45. The summed E-state index contributed by atoms with van der Waals surface area (Å²) in [7, 11) is 0. The first-order valence-corrected chi connectivity index (χ1v) is 7.87. The van der Waals surface area contributed by atoms with Crippen LogP contribution in [-0.2, 0) is 9.53 Å². The summed E-state index contributed by atoms with van der Waals surface area (Å²) in [5.74, 6) is 0.853. The van der Waals surface area contributed by atoms with Gasteiger partial charge >= 0.3 is 0 Å². The zero-order chi connectivity index (χ0) is 14.4. The first kappa shape index (κ1) is 15.1. The largest absolute Gasteiger partial charge is 0.375 e. The Balaban J connectivity index is 1.73. The van der Waals surface area contributed by atoms with Crippen molar-refractivity contribution in [2.45, 2.75) is 13.0 Å². The van der Waals surface area contributed by atoms with Gasteiger partial charge in [0.1, 0.15) is 0 Å². The monoisotopic (exact) mass is 293 g/mol. The number of morpholine rings is 1. The Kier molecular flexibility index (Phi) is 5.61. The molecule has 20 heavy (non-hydrogen) atoms. The lowest BCUT2D eigenvalue weighted by atomic mass is 10.2. The van der Waals surface area contributed by atoms with Crippen LogP contribution in [0, 0.1) is 0 Å². The van der Waals surface area contributed by atoms with Gasteiger partial charge in [0, 0.05) is 18.7 Å². The lowest BCUT2D eigenvalue weighted by Gasteiger charge is -2.31. The van der Waals surface area contributed by atoms with E-state index in [0.717, 1.165) is 0 Å². The fourth-order valence-electron chi connectivity index (χ4n) is 2.07. The molecule has 1 aromatic carbocycles. The molecule has 1 atom stereocenters.